The van der Waals surface area contributed by atoms with Crippen LogP contribution >= 0.6 is 0 Å². The van der Waals surface area contributed by atoms with Gasteiger partial charge in [0.25, 0.3) is 0 Å². The zero-order valence-electron chi connectivity index (χ0n) is 8.03. The van der Waals surface area contributed by atoms with Crippen molar-refractivity contribution in [3.05, 3.63) is 41.6 Å². The molecule has 0 amide bonds. The molecule has 0 saturated heterocycles. The number of pyridine rings is 1. The van der Waals surface area contributed by atoms with Crippen molar-refractivity contribution in [2.45, 2.75) is 6.92 Å². The summed E-state index contributed by atoms with van der Waals surface area (Å²) in [4.78, 5) is 4.15. The predicted molar refractivity (Wildman–Crippen MR) is 58.1 cm³/mol. The summed E-state index contributed by atoms with van der Waals surface area (Å²) in [6.07, 6.45) is 7.30. The van der Waals surface area contributed by atoms with Crippen molar-refractivity contribution >= 4 is 23.3 Å². The molecule has 0 aliphatic carbocycles. The minimum Gasteiger partial charge on any atom is -0.438 e. The first-order valence-corrected chi connectivity index (χ1v) is 4.49. The minimum atomic E-state index is 0.675. The maximum atomic E-state index is 5.56. The van der Waals surface area contributed by atoms with Gasteiger partial charge in [0.1, 0.15) is 5.42 Å². The smallest absolute Gasteiger partial charge is 0.227 e. The first kappa shape index (κ1) is 8.75. The zero-order chi connectivity index (χ0) is 9.97. The molecule has 2 nitrogen and oxygen atoms in total. The molecule has 0 aromatic carbocycles. The summed E-state index contributed by atoms with van der Waals surface area (Å²) in [6, 6.07) is 3.91. The highest BCUT2D eigenvalue weighted by atomic mass is 16.3. The first-order valence-electron chi connectivity index (χ1n) is 4.49. The fourth-order valence-corrected chi connectivity index (χ4v) is 1.50. The van der Waals surface area contributed by atoms with Gasteiger partial charge in [-0.3, -0.25) is 0 Å². The molecular weight excluding hydrogens is 174 g/mol. The van der Waals surface area contributed by atoms with Crippen molar-refractivity contribution < 1.29 is 4.42 Å². The van der Waals surface area contributed by atoms with Crippen LogP contribution in [0.1, 0.15) is 6.92 Å². The van der Waals surface area contributed by atoms with Crippen LogP contribution in [0.3, 0.4) is 0 Å². The molecule has 70 valence electrons. The molecule has 0 aliphatic rings. The van der Waals surface area contributed by atoms with Crippen molar-refractivity contribution in [2.24, 2.45) is 0 Å². The first-order chi connectivity index (χ1) is 6.86. The van der Waals surface area contributed by atoms with Crippen LogP contribution < -0.4 is 10.6 Å². The SMILES string of the molecule is C=C/C=c1/oc2ncccc2/c1=C/C. The van der Waals surface area contributed by atoms with Crippen LogP contribution in [0.25, 0.3) is 23.3 Å². The van der Waals surface area contributed by atoms with Gasteiger partial charge in [0, 0.05) is 16.8 Å². The summed E-state index contributed by atoms with van der Waals surface area (Å²) in [5.74, 6) is 0. The number of fused-ring (bicyclic) bond motifs is 1. The van der Waals surface area contributed by atoms with Crippen LogP contribution in [-0.2, 0) is 0 Å². The second-order valence-electron chi connectivity index (χ2n) is 2.93. The Kier molecular flexibility index (Phi) is 2.19. The third kappa shape index (κ3) is 1.25. The summed E-state index contributed by atoms with van der Waals surface area (Å²) < 4.78 is 5.56. The number of allylic oxidation sites excluding steroid dienone is 1. The Bertz CT molecular complexity index is 578. The van der Waals surface area contributed by atoms with Crippen LogP contribution in [0.15, 0.2) is 35.4 Å². The number of furan rings is 1. The van der Waals surface area contributed by atoms with E-state index in [-0.39, 0.29) is 0 Å². The molecule has 0 bridgehead atoms. The van der Waals surface area contributed by atoms with Gasteiger partial charge < -0.3 is 4.42 Å². The topological polar surface area (TPSA) is 26.0 Å². The lowest BCUT2D eigenvalue weighted by Gasteiger charge is -1.82. The molecule has 0 spiro atoms. The van der Waals surface area contributed by atoms with Crippen molar-refractivity contribution in [1.29, 1.82) is 0 Å². The standard InChI is InChI=1S/C12H11NO/c1-3-6-11-9(4-2)10-7-5-8-13-12(10)14-11/h3-8H,1H2,2H3/b9-4-,11-6+. The second kappa shape index (κ2) is 3.50. The predicted octanol–water partition coefficient (Wildman–Crippen LogP) is 1.59. The van der Waals surface area contributed by atoms with E-state index in [0.29, 0.717) is 5.71 Å². The summed E-state index contributed by atoms with van der Waals surface area (Å²) in [7, 11) is 0. The van der Waals surface area contributed by atoms with E-state index in [2.05, 4.69) is 11.6 Å². The average Bonchev–Trinajstić information content (AvgIpc) is 2.55. The van der Waals surface area contributed by atoms with E-state index in [9.17, 15) is 0 Å². The van der Waals surface area contributed by atoms with E-state index in [4.69, 9.17) is 4.42 Å². The van der Waals surface area contributed by atoms with Crippen LogP contribution in [0, 0.1) is 0 Å². The molecular formula is C12H11NO. The monoisotopic (exact) mass is 185 g/mol. The van der Waals surface area contributed by atoms with Gasteiger partial charge in [-0.15, -0.1) is 0 Å². The number of hydrogen-bond donors (Lipinski definition) is 0. The highest BCUT2D eigenvalue weighted by molar-refractivity contribution is 5.75. The van der Waals surface area contributed by atoms with E-state index in [1.807, 2.05) is 31.2 Å². The maximum absolute atomic E-state index is 5.56. The summed E-state index contributed by atoms with van der Waals surface area (Å²) in [6.45, 7) is 5.64. The van der Waals surface area contributed by atoms with Crippen molar-refractivity contribution in [3.63, 3.8) is 0 Å². The Hall–Kier alpha value is -1.83. The van der Waals surface area contributed by atoms with Crippen molar-refractivity contribution in [3.8, 4) is 0 Å². The molecule has 0 fully saturated rings. The number of rotatable bonds is 1. The Morgan fingerprint density at radius 2 is 2.36 bits per heavy atom. The fraction of sp³-hybridized carbons (Fsp3) is 0.0833. The molecule has 2 heterocycles. The number of aromatic nitrogens is 1. The van der Waals surface area contributed by atoms with E-state index < -0.39 is 0 Å². The van der Waals surface area contributed by atoms with E-state index in [1.54, 1.807) is 12.3 Å². The maximum Gasteiger partial charge on any atom is 0.227 e. The average molecular weight is 185 g/mol. The fourth-order valence-electron chi connectivity index (χ4n) is 1.50. The molecule has 0 radical (unpaired) electrons. The molecule has 0 unspecified atom stereocenters. The van der Waals surface area contributed by atoms with Gasteiger partial charge in [-0.1, -0.05) is 18.7 Å². The molecule has 14 heavy (non-hydrogen) atoms. The van der Waals surface area contributed by atoms with E-state index >= 15 is 0 Å². The van der Waals surface area contributed by atoms with Gasteiger partial charge in [0.15, 0.2) is 0 Å². The highest BCUT2D eigenvalue weighted by Gasteiger charge is 2.00. The molecule has 2 aromatic heterocycles. The molecule has 2 heteroatoms. The lowest BCUT2D eigenvalue weighted by molar-refractivity contribution is 0.564. The molecule has 2 aromatic rings. The Balaban J connectivity index is 3.01. The largest absolute Gasteiger partial charge is 0.438 e. The quantitative estimate of drug-likeness (QED) is 0.674. The van der Waals surface area contributed by atoms with Crippen LogP contribution in [-0.4, -0.2) is 4.98 Å². The molecule has 2 rings (SSSR count). The van der Waals surface area contributed by atoms with Crippen LogP contribution in [0.5, 0.6) is 0 Å². The summed E-state index contributed by atoms with van der Waals surface area (Å²) in [5.41, 5.74) is 1.49. The Morgan fingerprint density at radius 3 is 3.07 bits per heavy atom. The van der Waals surface area contributed by atoms with Gasteiger partial charge in [0.2, 0.25) is 5.71 Å². The normalized spacial score (nSPS) is 13.8. The molecule has 0 aliphatic heterocycles. The van der Waals surface area contributed by atoms with Gasteiger partial charge >= 0.3 is 0 Å². The lowest BCUT2D eigenvalue weighted by Crippen LogP contribution is -2.18. The Labute approximate surface area is 81.9 Å². The lowest BCUT2D eigenvalue weighted by atomic mass is 10.2. The van der Waals surface area contributed by atoms with E-state index in [0.717, 1.165) is 16.0 Å². The number of nitrogens with zero attached hydrogens (tertiary/aromatic N) is 1. The van der Waals surface area contributed by atoms with E-state index in [1.165, 1.54) is 0 Å². The molecule has 0 N–H and O–H groups in total. The van der Waals surface area contributed by atoms with Crippen LogP contribution in [0.4, 0.5) is 0 Å². The molecule has 0 saturated carbocycles. The Morgan fingerprint density at radius 1 is 1.50 bits per heavy atom. The van der Waals surface area contributed by atoms with Crippen LogP contribution in [0.2, 0.25) is 0 Å². The van der Waals surface area contributed by atoms with Crippen molar-refractivity contribution in [1.82, 2.24) is 4.98 Å². The zero-order valence-corrected chi connectivity index (χ0v) is 8.03. The highest BCUT2D eigenvalue weighted by Crippen LogP contribution is 2.02. The third-order valence-corrected chi connectivity index (χ3v) is 2.09. The summed E-state index contributed by atoms with van der Waals surface area (Å²) in [5, 5.41) is 2.12. The second-order valence-corrected chi connectivity index (χ2v) is 2.93. The molecule has 0 atom stereocenters. The van der Waals surface area contributed by atoms with Gasteiger partial charge in [-0.05, 0) is 25.1 Å². The minimum absolute atomic E-state index is 0.675. The summed E-state index contributed by atoms with van der Waals surface area (Å²) >= 11 is 0. The van der Waals surface area contributed by atoms with Gasteiger partial charge in [0.05, 0.1) is 0 Å². The van der Waals surface area contributed by atoms with Crippen molar-refractivity contribution in [2.75, 3.05) is 0 Å². The van der Waals surface area contributed by atoms with Gasteiger partial charge in [-0.2, -0.15) is 0 Å². The van der Waals surface area contributed by atoms with Gasteiger partial charge in [-0.25, -0.2) is 4.98 Å². The number of hydrogen-bond acceptors (Lipinski definition) is 2. The third-order valence-electron chi connectivity index (χ3n) is 2.09.